The summed E-state index contributed by atoms with van der Waals surface area (Å²) in [6.45, 7) is 13.0. The van der Waals surface area contributed by atoms with Crippen LogP contribution in [0.5, 0.6) is 0 Å². The number of ether oxygens (including phenoxy) is 3. The molecule has 274 valence electrons. The zero-order valence-corrected chi connectivity index (χ0v) is 30.8. The fraction of sp³-hybridized carbons (Fsp3) is 0.514. The number of carbonyl (C=O) groups excluding carboxylic acids is 4. The van der Waals surface area contributed by atoms with E-state index in [0.717, 1.165) is 47.6 Å². The number of Topliss-reactive ketones (excluding diaryl/α,β-unsaturated/α-hetero) is 1. The largest absolute Gasteiger partial charge is 0.460 e. The van der Waals surface area contributed by atoms with Gasteiger partial charge < -0.3 is 19.1 Å². The third-order valence-corrected chi connectivity index (χ3v) is 9.26. The Morgan fingerprint density at radius 1 is 1.02 bits per heavy atom. The smallest absolute Gasteiger partial charge is 0.412 e. The van der Waals surface area contributed by atoms with Gasteiger partial charge in [0.25, 0.3) is 0 Å². The van der Waals surface area contributed by atoms with Crippen LogP contribution < -0.4 is 10.2 Å². The molecule has 2 aromatic heterocycles. The van der Waals surface area contributed by atoms with Crippen LogP contribution in [-0.4, -0.2) is 58.1 Å². The standard InChI is InChI=1S/C37H44F2N4O7S/c1-20(44)48-27-14-13-23-30(27)40-18-22(32(23)43-15-9-10-21(19-43)16-28(46)49-36(2,3)4)17-26(45)31-34(42-35(47)50-37(5,6)7)51-33(41-31)29-24(38)11-8-12-25(29)39/h8,11-12,18,21,27H,9-10,13-17,19H2,1-7H3,(H,42,47)/t21-,27?/m1/s1. The Hall–Kier alpha value is -4.46. The Morgan fingerprint density at radius 3 is 2.35 bits per heavy atom. The number of esters is 2. The Kier molecular flexibility index (Phi) is 11.1. The maximum atomic E-state index is 14.9. The van der Waals surface area contributed by atoms with Crippen molar-refractivity contribution >= 4 is 45.8 Å². The van der Waals surface area contributed by atoms with Gasteiger partial charge >= 0.3 is 18.0 Å². The number of pyridine rings is 1. The second kappa shape index (κ2) is 15.0. The molecule has 3 aromatic rings. The van der Waals surface area contributed by atoms with Crippen molar-refractivity contribution in [1.82, 2.24) is 9.97 Å². The van der Waals surface area contributed by atoms with E-state index in [0.29, 0.717) is 37.2 Å². The lowest BCUT2D eigenvalue weighted by Gasteiger charge is -2.36. The van der Waals surface area contributed by atoms with E-state index in [4.69, 9.17) is 14.2 Å². The van der Waals surface area contributed by atoms with Crippen molar-refractivity contribution in [2.24, 2.45) is 5.92 Å². The van der Waals surface area contributed by atoms with Crippen LogP contribution in [0.4, 0.5) is 24.3 Å². The van der Waals surface area contributed by atoms with Gasteiger partial charge in [0.1, 0.15) is 44.6 Å². The fourth-order valence-electron chi connectivity index (χ4n) is 6.49. The first-order valence-corrected chi connectivity index (χ1v) is 17.8. The third kappa shape index (κ3) is 9.46. The number of halogens is 2. The first kappa shape index (κ1) is 37.8. The van der Waals surface area contributed by atoms with Crippen molar-refractivity contribution in [3.05, 3.63) is 58.5 Å². The van der Waals surface area contributed by atoms with E-state index in [9.17, 15) is 28.0 Å². The van der Waals surface area contributed by atoms with Crippen LogP contribution in [0.1, 0.15) is 108 Å². The van der Waals surface area contributed by atoms with Crippen LogP contribution in [0.25, 0.3) is 10.6 Å². The zero-order valence-electron chi connectivity index (χ0n) is 30.0. The van der Waals surface area contributed by atoms with Crippen molar-refractivity contribution in [3.63, 3.8) is 0 Å². The van der Waals surface area contributed by atoms with Crippen LogP contribution in [0.2, 0.25) is 0 Å². The highest BCUT2D eigenvalue weighted by molar-refractivity contribution is 7.19. The van der Waals surface area contributed by atoms with Crippen molar-refractivity contribution in [3.8, 4) is 10.6 Å². The molecule has 3 heterocycles. The molecule has 1 amide bonds. The molecule has 5 rings (SSSR count). The number of anilines is 2. The second-order valence-electron chi connectivity index (χ2n) is 14.9. The summed E-state index contributed by atoms with van der Waals surface area (Å²) in [7, 11) is 0. The summed E-state index contributed by atoms with van der Waals surface area (Å²) in [5, 5.41) is 2.41. The van der Waals surface area contributed by atoms with Gasteiger partial charge in [-0.15, -0.1) is 0 Å². The number of thiazole rings is 1. The van der Waals surface area contributed by atoms with Crippen molar-refractivity contribution in [2.75, 3.05) is 23.3 Å². The average Bonchev–Trinajstić information content (AvgIpc) is 3.58. The van der Waals surface area contributed by atoms with Gasteiger partial charge in [0.05, 0.1) is 17.7 Å². The van der Waals surface area contributed by atoms with Crippen molar-refractivity contribution in [1.29, 1.82) is 0 Å². The molecule has 0 radical (unpaired) electrons. The molecule has 0 bridgehead atoms. The van der Waals surface area contributed by atoms with E-state index in [-0.39, 0.29) is 40.4 Å². The number of rotatable bonds is 9. The zero-order chi connectivity index (χ0) is 37.2. The summed E-state index contributed by atoms with van der Waals surface area (Å²) in [4.78, 5) is 62.8. The fourth-order valence-corrected chi connectivity index (χ4v) is 7.50. The van der Waals surface area contributed by atoms with Gasteiger partial charge in [0.2, 0.25) is 0 Å². The average molecular weight is 727 g/mol. The molecule has 0 saturated carbocycles. The monoisotopic (exact) mass is 726 g/mol. The van der Waals surface area contributed by atoms with Crippen LogP contribution >= 0.6 is 11.3 Å². The van der Waals surface area contributed by atoms with Crippen LogP contribution in [0.3, 0.4) is 0 Å². The predicted molar refractivity (Wildman–Crippen MR) is 188 cm³/mol. The molecule has 1 aliphatic heterocycles. The number of hydrogen-bond acceptors (Lipinski definition) is 11. The number of amides is 1. The molecule has 14 heteroatoms. The Morgan fingerprint density at radius 2 is 1.71 bits per heavy atom. The highest BCUT2D eigenvalue weighted by Crippen LogP contribution is 2.42. The molecular formula is C37H44F2N4O7S. The molecule has 1 fully saturated rings. The van der Waals surface area contributed by atoms with Gasteiger partial charge in [-0.1, -0.05) is 17.4 Å². The number of fused-ring (bicyclic) bond motifs is 1. The normalized spacial score (nSPS) is 17.5. The molecule has 2 aliphatic rings. The van der Waals surface area contributed by atoms with Gasteiger partial charge in [0, 0.05) is 49.4 Å². The number of nitrogens with zero attached hydrogens (tertiary/aromatic N) is 3. The van der Waals surface area contributed by atoms with Gasteiger partial charge in [0.15, 0.2) is 5.78 Å². The van der Waals surface area contributed by atoms with E-state index in [2.05, 4.69) is 20.2 Å². The van der Waals surface area contributed by atoms with E-state index >= 15 is 0 Å². The number of hydrogen-bond donors (Lipinski definition) is 1. The summed E-state index contributed by atoms with van der Waals surface area (Å²) in [6.07, 6.45) is 2.88. The lowest BCUT2D eigenvalue weighted by atomic mass is 9.92. The summed E-state index contributed by atoms with van der Waals surface area (Å²) in [5.41, 5.74) is 0.728. The Labute approximate surface area is 300 Å². The van der Waals surface area contributed by atoms with Crippen LogP contribution in [-0.2, 0) is 36.6 Å². The molecule has 1 saturated heterocycles. The van der Waals surface area contributed by atoms with Crippen molar-refractivity contribution in [2.45, 2.75) is 104 Å². The third-order valence-electron chi connectivity index (χ3n) is 8.27. The number of benzene rings is 1. The van der Waals surface area contributed by atoms with E-state index in [1.165, 1.54) is 13.0 Å². The number of ketones is 1. The Bertz CT molecular complexity index is 1810. The summed E-state index contributed by atoms with van der Waals surface area (Å²) >= 11 is 0.760. The number of piperidine rings is 1. The van der Waals surface area contributed by atoms with Crippen molar-refractivity contribution < 1.29 is 42.2 Å². The van der Waals surface area contributed by atoms with E-state index in [1.807, 2.05) is 20.8 Å². The van der Waals surface area contributed by atoms with Gasteiger partial charge in [-0.3, -0.25) is 24.7 Å². The predicted octanol–water partition coefficient (Wildman–Crippen LogP) is 7.75. The van der Waals surface area contributed by atoms with Gasteiger partial charge in [-0.25, -0.2) is 18.6 Å². The van der Waals surface area contributed by atoms with E-state index < -0.39 is 52.3 Å². The number of nitrogens with one attached hydrogen (secondary N) is 1. The SMILES string of the molecule is CC(=O)OC1CCc2c1ncc(CC(=O)c1nc(-c3c(F)cccc3F)sc1NC(=O)OC(C)(C)C)c2N1CCC[C@H](CC(=O)OC(C)(C)C)C1. The lowest BCUT2D eigenvalue weighted by molar-refractivity contribution is -0.156. The topological polar surface area (TPSA) is 137 Å². The number of aromatic nitrogens is 2. The maximum absolute atomic E-state index is 14.9. The molecule has 1 unspecified atom stereocenters. The minimum absolute atomic E-state index is 0.00645. The molecule has 11 nitrogen and oxygen atoms in total. The van der Waals surface area contributed by atoms with Gasteiger partial charge in [-0.05, 0) is 85.3 Å². The first-order valence-electron chi connectivity index (χ1n) is 17.0. The summed E-state index contributed by atoms with van der Waals surface area (Å²) < 4.78 is 46.3. The quantitative estimate of drug-likeness (QED) is 0.132. The molecular weight excluding hydrogens is 682 g/mol. The van der Waals surface area contributed by atoms with Gasteiger partial charge in [-0.2, -0.15) is 0 Å². The first-order chi connectivity index (χ1) is 23.9. The van der Waals surface area contributed by atoms with Crippen LogP contribution in [0, 0.1) is 17.6 Å². The lowest BCUT2D eigenvalue weighted by Crippen LogP contribution is -2.38. The minimum Gasteiger partial charge on any atom is -0.460 e. The summed E-state index contributed by atoms with van der Waals surface area (Å²) in [5.74, 6) is -2.99. The molecule has 1 aliphatic carbocycles. The van der Waals surface area contributed by atoms with Crippen LogP contribution in [0.15, 0.2) is 24.4 Å². The molecule has 0 spiro atoms. The molecule has 51 heavy (non-hydrogen) atoms. The molecule has 1 aromatic carbocycles. The highest BCUT2D eigenvalue weighted by Gasteiger charge is 2.35. The maximum Gasteiger partial charge on any atom is 0.412 e. The highest BCUT2D eigenvalue weighted by atomic mass is 32.1. The number of carbonyl (C=O) groups is 4. The molecule has 1 N–H and O–H groups in total. The Balaban J connectivity index is 1.52. The molecule has 2 atom stereocenters. The summed E-state index contributed by atoms with van der Waals surface area (Å²) in [6, 6.07) is 3.39. The van der Waals surface area contributed by atoms with E-state index in [1.54, 1.807) is 27.0 Å². The minimum atomic E-state index is -0.870. The second-order valence-corrected chi connectivity index (χ2v) is 15.9.